The molecule has 126 valence electrons. The van der Waals surface area contributed by atoms with Gasteiger partial charge in [0, 0.05) is 5.56 Å². The van der Waals surface area contributed by atoms with Crippen LogP contribution in [0.2, 0.25) is 10.0 Å². The van der Waals surface area contributed by atoms with E-state index in [1.807, 2.05) is 0 Å². The number of carbonyl (C=O) groups is 1. The van der Waals surface area contributed by atoms with Gasteiger partial charge in [-0.3, -0.25) is 4.79 Å². The molecule has 0 aliphatic carbocycles. The zero-order valence-corrected chi connectivity index (χ0v) is 13.3. The predicted octanol–water partition coefficient (Wildman–Crippen LogP) is 5.49. The van der Waals surface area contributed by atoms with Gasteiger partial charge in [0.05, 0.1) is 5.02 Å². The third kappa shape index (κ3) is 4.66. The molecule has 24 heavy (non-hydrogen) atoms. The Labute approximate surface area is 144 Å². The SMILES string of the molecule is O=C(C=Cc1ccc(O)c(Cl)c1Cl)c1ccc(OC(F)(F)F)cc1. The standard InChI is InChI=1S/C16H9Cl2F3O3/c17-14-10(4-8-13(23)15(14)18)3-7-12(22)9-1-5-11(6-2-9)24-16(19,20)21/h1-8,23H. The number of alkyl halides is 3. The lowest BCUT2D eigenvalue weighted by Gasteiger charge is -2.08. The number of ketones is 1. The lowest BCUT2D eigenvalue weighted by atomic mass is 10.1. The first-order valence-electron chi connectivity index (χ1n) is 6.42. The molecule has 0 aliphatic rings. The van der Waals surface area contributed by atoms with Gasteiger partial charge < -0.3 is 9.84 Å². The fraction of sp³-hybridized carbons (Fsp3) is 0.0625. The van der Waals surface area contributed by atoms with E-state index in [0.717, 1.165) is 12.1 Å². The Morgan fingerprint density at radius 2 is 1.67 bits per heavy atom. The Balaban J connectivity index is 2.14. The van der Waals surface area contributed by atoms with Crippen molar-refractivity contribution in [1.29, 1.82) is 0 Å². The number of carbonyl (C=O) groups excluding carboxylic acids is 1. The number of phenolic OH excluding ortho intramolecular Hbond substituents is 1. The van der Waals surface area contributed by atoms with Crippen molar-refractivity contribution in [2.75, 3.05) is 0 Å². The zero-order valence-electron chi connectivity index (χ0n) is 11.8. The number of aromatic hydroxyl groups is 1. The highest BCUT2D eigenvalue weighted by atomic mass is 35.5. The smallest absolute Gasteiger partial charge is 0.506 e. The Kier molecular flexibility index (Phi) is 5.41. The van der Waals surface area contributed by atoms with Crippen molar-refractivity contribution in [1.82, 2.24) is 0 Å². The number of hydrogen-bond acceptors (Lipinski definition) is 3. The van der Waals surface area contributed by atoms with Crippen LogP contribution in [0.25, 0.3) is 6.08 Å². The molecule has 0 saturated heterocycles. The minimum Gasteiger partial charge on any atom is -0.506 e. The summed E-state index contributed by atoms with van der Waals surface area (Å²) in [6.45, 7) is 0. The predicted molar refractivity (Wildman–Crippen MR) is 84.6 cm³/mol. The lowest BCUT2D eigenvalue weighted by Crippen LogP contribution is -2.17. The summed E-state index contributed by atoms with van der Waals surface area (Å²) in [6.07, 6.45) is -2.22. The lowest BCUT2D eigenvalue weighted by molar-refractivity contribution is -0.274. The second kappa shape index (κ2) is 7.15. The van der Waals surface area contributed by atoms with E-state index in [4.69, 9.17) is 23.2 Å². The van der Waals surface area contributed by atoms with Crippen molar-refractivity contribution in [3.05, 3.63) is 63.6 Å². The van der Waals surface area contributed by atoms with E-state index in [0.29, 0.717) is 5.56 Å². The molecular formula is C16H9Cl2F3O3. The maximum absolute atomic E-state index is 12.1. The molecule has 2 rings (SSSR count). The second-order valence-electron chi connectivity index (χ2n) is 4.57. The highest BCUT2D eigenvalue weighted by Crippen LogP contribution is 2.34. The van der Waals surface area contributed by atoms with Crippen LogP contribution in [0.15, 0.2) is 42.5 Å². The van der Waals surface area contributed by atoms with E-state index < -0.39 is 17.9 Å². The van der Waals surface area contributed by atoms with Gasteiger partial charge >= 0.3 is 6.36 Å². The maximum atomic E-state index is 12.1. The Morgan fingerprint density at radius 3 is 2.25 bits per heavy atom. The Morgan fingerprint density at radius 1 is 1.04 bits per heavy atom. The van der Waals surface area contributed by atoms with Crippen LogP contribution in [0.3, 0.4) is 0 Å². The first-order valence-corrected chi connectivity index (χ1v) is 7.18. The molecule has 0 amide bonds. The van der Waals surface area contributed by atoms with Gasteiger partial charge in [0.2, 0.25) is 0 Å². The van der Waals surface area contributed by atoms with Crippen LogP contribution in [-0.4, -0.2) is 17.3 Å². The molecule has 0 aliphatic heterocycles. The van der Waals surface area contributed by atoms with E-state index in [1.165, 1.54) is 36.4 Å². The number of rotatable bonds is 4. The molecule has 0 aromatic heterocycles. The Hall–Kier alpha value is -2.18. The molecule has 0 atom stereocenters. The van der Waals surface area contributed by atoms with Crippen molar-refractivity contribution in [2.24, 2.45) is 0 Å². The number of benzene rings is 2. The van der Waals surface area contributed by atoms with E-state index in [1.54, 1.807) is 0 Å². The summed E-state index contributed by atoms with van der Waals surface area (Å²) in [7, 11) is 0. The van der Waals surface area contributed by atoms with Crippen LogP contribution >= 0.6 is 23.2 Å². The van der Waals surface area contributed by atoms with Crippen molar-refractivity contribution >= 4 is 35.1 Å². The zero-order chi connectivity index (χ0) is 17.9. The molecule has 1 N–H and O–H groups in total. The number of allylic oxidation sites excluding steroid dienone is 1. The van der Waals surface area contributed by atoms with Gasteiger partial charge in [-0.15, -0.1) is 13.2 Å². The minimum absolute atomic E-state index is 0.0417. The third-order valence-corrected chi connectivity index (χ3v) is 3.77. The summed E-state index contributed by atoms with van der Waals surface area (Å²) >= 11 is 11.7. The quantitative estimate of drug-likeness (QED) is 0.566. The molecule has 0 heterocycles. The van der Waals surface area contributed by atoms with Gasteiger partial charge in [-0.1, -0.05) is 23.2 Å². The fourth-order valence-corrected chi connectivity index (χ4v) is 2.16. The monoisotopic (exact) mass is 376 g/mol. The summed E-state index contributed by atoms with van der Waals surface area (Å²) in [6, 6.07) is 7.28. The van der Waals surface area contributed by atoms with Gasteiger partial charge in [0.25, 0.3) is 0 Å². The molecule has 0 unspecified atom stereocenters. The fourth-order valence-electron chi connectivity index (χ4n) is 1.77. The minimum atomic E-state index is -4.79. The van der Waals surface area contributed by atoms with Gasteiger partial charge in [-0.25, -0.2) is 0 Å². The molecule has 0 bridgehead atoms. The average molecular weight is 377 g/mol. The highest BCUT2D eigenvalue weighted by molar-refractivity contribution is 6.43. The molecule has 8 heteroatoms. The molecule has 0 saturated carbocycles. The largest absolute Gasteiger partial charge is 0.573 e. The molecule has 0 fully saturated rings. The number of ether oxygens (including phenoxy) is 1. The maximum Gasteiger partial charge on any atom is 0.573 e. The van der Waals surface area contributed by atoms with Crippen molar-refractivity contribution in [3.63, 3.8) is 0 Å². The van der Waals surface area contributed by atoms with Crippen LogP contribution in [0.1, 0.15) is 15.9 Å². The summed E-state index contributed by atoms with van der Waals surface area (Å²) < 4.78 is 39.9. The van der Waals surface area contributed by atoms with Gasteiger partial charge in [-0.05, 0) is 54.1 Å². The van der Waals surface area contributed by atoms with E-state index >= 15 is 0 Å². The van der Waals surface area contributed by atoms with Crippen LogP contribution in [0.4, 0.5) is 13.2 Å². The van der Waals surface area contributed by atoms with Gasteiger partial charge in [-0.2, -0.15) is 0 Å². The summed E-state index contributed by atoms with van der Waals surface area (Å²) in [5.41, 5.74) is 0.576. The first kappa shape index (κ1) is 18.2. The van der Waals surface area contributed by atoms with Crippen LogP contribution in [0.5, 0.6) is 11.5 Å². The number of phenols is 1. The van der Waals surface area contributed by atoms with Crippen LogP contribution in [0, 0.1) is 0 Å². The van der Waals surface area contributed by atoms with Crippen molar-refractivity contribution < 1.29 is 27.8 Å². The molecule has 0 radical (unpaired) electrons. The van der Waals surface area contributed by atoms with Gasteiger partial charge in [0.15, 0.2) is 5.78 Å². The summed E-state index contributed by atoms with van der Waals surface area (Å²) in [5, 5.41) is 9.42. The molecule has 2 aromatic rings. The molecule has 2 aromatic carbocycles. The summed E-state index contributed by atoms with van der Waals surface area (Å²) in [5.74, 6) is -1.06. The normalized spacial score (nSPS) is 11.7. The highest BCUT2D eigenvalue weighted by Gasteiger charge is 2.31. The van der Waals surface area contributed by atoms with E-state index in [9.17, 15) is 23.1 Å². The average Bonchev–Trinajstić information content (AvgIpc) is 2.51. The number of halogens is 5. The Bertz CT molecular complexity index is 784. The number of hydrogen-bond donors (Lipinski definition) is 1. The molecular weight excluding hydrogens is 368 g/mol. The van der Waals surface area contributed by atoms with Gasteiger partial charge in [0.1, 0.15) is 16.5 Å². The third-order valence-electron chi connectivity index (χ3n) is 2.88. The molecule has 0 spiro atoms. The molecule has 3 nitrogen and oxygen atoms in total. The summed E-state index contributed by atoms with van der Waals surface area (Å²) in [4.78, 5) is 12.0. The van der Waals surface area contributed by atoms with E-state index in [2.05, 4.69) is 4.74 Å². The second-order valence-corrected chi connectivity index (χ2v) is 5.33. The van der Waals surface area contributed by atoms with E-state index in [-0.39, 0.29) is 21.4 Å². The van der Waals surface area contributed by atoms with Crippen molar-refractivity contribution in [2.45, 2.75) is 6.36 Å². The topological polar surface area (TPSA) is 46.5 Å². The van der Waals surface area contributed by atoms with Crippen LogP contribution in [-0.2, 0) is 0 Å². The van der Waals surface area contributed by atoms with Crippen LogP contribution < -0.4 is 4.74 Å². The first-order chi connectivity index (χ1) is 11.2. The van der Waals surface area contributed by atoms with Crippen molar-refractivity contribution in [3.8, 4) is 11.5 Å².